The zero-order chi connectivity index (χ0) is 15.5. The summed E-state index contributed by atoms with van der Waals surface area (Å²) in [6.07, 6.45) is 2.71. The second kappa shape index (κ2) is 7.00. The summed E-state index contributed by atoms with van der Waals surface area (Å²) in [6.45, 7) is 3.30. The van der Waals surface area contributed by atoms with Crippen LogP contribution in [-0.2, 0) is 14.4 Å². The van der Waals surface area contributed by atoms with Crippen LogP contribution in [0.2, 0.25) is 0 Å². The van der Waals surface area contributed by atoms with Crippen molar-refractivity contribution in [2.75, 3.05) is 44.2 Å². The van der Waals surface area contributed by atoms with Crippen molar-refractivity contribution in [1.29, 1.82) is 0 Å². The van der Waals surface area contributed by atoms with Crippen molar-refractivity contribution in [2.24, 2.45) is 0 Å². The van der Waals surface area contributed by atoms with Gasteiger partial charge in [-0.05, 0) is 18.6 Å². The number of rotatable bonds is 3. The third-order valence-electron chi connectivity index (χ3n) is 4.75. The second-order valence-corrected chi connectivity index (χ2v) is 7.31. The zero-order valence-corrected chi connectivity index (χ0v) is 13.6. The van der Waals surface area contributed by atoms with Gasteiger partial charge in [0, 0.05) is 50.8 Å². The maximum atomic E-state index is 12.4. The van der Waals surface area contributed by atoms with Crippen molar-refractivity contribution in [3.8, 4) is 0 Å². The Labute approximate surface area is 135 Å². The van der Waals surface area contributed by atoms with Gasteiger partial charge in [-0.15, -0.1) is 0 Å². The van der Waals surface area contributed by atoms with E-state index < -0.39 is 0 Å². The fourth-order valence-corrected chi connectivity index (χ4v) is 4.65. The fraction of sp³-hybridized carbons (Fsp3) is 0.800. The van der Waals surface area contributed by atoms with Crippen LogP contribution < -0.4 is 0 Å². The summed E-state index contributed by atoms with van der Waals surface area (Å²) < 4.78 is 0. The Bertz CT molecular complexity index is 449. The highest BCUT2D eigenvalue weighted by atomic mass is 32.2. The highest BCUT2D eigenvalue weighted by molar-refractivity contribution is 7.99. The van der Waals surface area contributed by atoms with Crippen LogP contribution >= 0.6 is 11.8 Å². The average molecular weight is 325 g/mol. The van der Waals surface area contributed by atoms with Gasteiger partial charge in [-0.2, -0.15) is 11.8 Å². The molecule has 1 unspecified atom stereocenters. The molecule has 3 fully saturated rings. The lowest BCUT2D eigenvalue weighted by atomic mass is 10.2. The van der Waals surface area contributed by atoms with Crippen LogP contribution in [0.5, 0.6) is 0 Å². The number of likely N-dealkylation sites (tertiary alicyclic amines) is 1. The molecule has 0 aliphatic carbocycles. The number of thioether (sulfide) groups is 1. The lowest BCUT2D eigenvalue weighted by molar-refractivity contribution is -0.145. The predicted molar refractivity (Wildman–Crippen MR) is 84.5 cm³/mol. The highest BCUT2D eigenvalue weighted by Gasteiger charge is 2.32. The highest BCUT2D eigenvalue weighted by Crippen LogP contribution is 2.23. The van der Waals surface area contributed by atoms with E-state index in [0.29, 0.717) is 12.6 Å². The monoisotopic (exact) mass is 325 g/mol. The largest absolute Gasteiger partial charge is 0.340 e. The van der Waals surface area contributed by atoms with Crippen LogP contribution in [0.3, 0.4) is 0 Å². The van der Waals surface area contributed by atoms with Crippen molar-refractivity contribution in [3.05, 3.63) is 0 Å². The molecule has 7 heteroatoms. The standard InChI is InChI=1S/C15H23N3O3S/c19-13-2-3-14(20)18(13)10-15(21)17-6-1-5-16(7-8-17)12-4-9-22-11-12/h12H,1-11H2. The van der Waals surface area contributed by atoms with E-state index >= 15 is 0 Å². The van der Waals surface area contributed by atoms with Gasteiger partial charge in [0.05, 0.1) is 0 Å². The minimum absolute atomic E-state index is 0.0725. The van der Waals surface area contributed by atoms with Gasteiger partial charge in [-0.25, -0.2) is 0 Å². The summed E-state index contributed by atoms with van der Waals surface area (Å²) >= 11 is 2.01. The molecule has 3 rings (SSSR count). The number of amides is 3. The number of hydrogen-bond acceptors (Lipinski definition) is 5. The van der Waals surface area contributed by atoms with E-state index in [4.69, 9.17) is 0 Å². The Kier molecular flexibility index (Phi) is 5.03. The third kappa shape index (κ3) is 3.46. The molecule has 6 nitrogen and oxygen atoms in total. The van der Waals surface area contributed by atoms with Gasteiger partial charge < -0.3 is 4.90 Å². The van der Waals surface area contributed by atoms with Crippen LogP contribution in [0.15, 0.2) is 0 Å². The summed E-state index contributed by atoms with van der Waals surface area (Å²) in [5.74, 6) is 1.93. The lowest BCUT2D eigenvalue weighted by Crippen LogP contribution is -2.44. The molecule has 0 N–H and O–H groups in total. The van der Waals surface area contributed by atoms with E-state index in [1.54, 1.807) is 0 Å². The number of carbonyl (C=O) groups excluding carboxylic acids is 3. The zero-order valence-electron chi connectivity index (χ0n) is 12.8. The van der Waals surface area contributed by atoms with E-state index in [1.807, 2.05) is 16.7 Å². The minimum atomic E-state index is -0.210. The number of carbonyl (C=O) groups is 3. The van der Waals surface area contributed by atoms with Crippen molar-refractivity contribution in [1.82, 2.24) is 14.7 Å². The van der Waals surface area contributed by atoms with Crippen LogP contribution in [-0.4, -0.2) is 82.7 Å². The van der Waals surface area contributed by atoms with Crippen molar-refractivity contribution < 1.29 is 14.4 Å². The molecule has 3 saturated heterocycles. The van der Waals surface area contributed by atoms with Gasteiger partial charge in [0.25, 0.3) is 0 Å². The molecule has 0 aromatic carbocycles. The molecular formula is C15H23N3O3S. The molecule has 0 bridgehead atoms. The normalized spacial score (nSPS) is 27.5. The topological polar surface area (TPSA) is 60.9 Å². The first kappa shape index (κ1) is 15.8. The number of imide groups is 1. The number of hydrogen-bond donors (Lipinski definition) is 0. The molecule has 3 amide bonds. The summed E-state index contributed by atoms with van der Waals surface area (Å²) in [5, 5.41) is 0. The first-order valence-electron chi connectivity index (χ1n) is 8.08. The van der Waals surface area contributed by atoms with E-state index in [-0.39, 0.29) is 37.1 Å². The van der Waals surface area contributed by atoms with Gasteiger partial charge in [0.1, 0.15) is 6.54 Å². The van der Waals surface area contributed by atoms with Crippen LogP contribution in [0.1, 0.15) is 25.7 Å². The molecule has 0 aromatic heterocycles. The summed E-state index contributed by atoms with van der Waals surface area (Å²) in [5.41, 5.74) is 0. The van der Waals surface area contributed by atoms with Gasteiger partial charge in [-0.1, -0.05) is 0 Å². The Morgan fingerprint density at radius 1 is 1.09 bits per heavy atom. The van der Waals surface area contributed by atoms with Crippen molar-refractivity contribution in [3.63, 3.8) is 0 Å². The van der Waals surface area contributed by atoms with Gasteiger partial charge >= 0.3 is 0 Å². The van der Waals surface area contributed by atoms with E-state index in [0.717, 1.165) is 31.0 Å². The van der Waals surface area contributed by atoms with Gasteiger partial charge in [0.15, 0.2) is 0 Å². The Morgan fingerprint density at radius 3 is 2.55 bits per heavy atom. The van der Waals surface area contributed by atoms with E-state index in [9.17, 15) is 14.4 Å². The van der Waals surface area contributed by atoms with Crippen molar-refractivity contribution in [2.45, 2.75) is 31.7 Å². The first-order chi connectivity index (χ1) is 10.6. The minimum Gasteiger partial charge on any atom is -0.340 e. The molecule has 3 heterocycles. The number of nitrogens with zero attached hydrogens (tertiary/aromatic N) is 3. The van der Waals surface area contributed by atoms with E-state index in [2.05, 4.69) is 4.90 Å². The molecule has 3 aliphatic rings. The van der Waals surface area contributed by atoms with Crippen molar-refractivity contribution >= 4 is 29.5 Å². The Morgan fingerprint density at radius 2 is 1.86 bits per heavy atom. The van der Waals surface area contributed by atoms with Crippen LogP contribution in [0.4, 0.5) is 0 Å². The quantitative estimate of drug-likeness (QED) is 0.693. The molecule has 0 saturated carbocycles. The lowest BCUT2D eigenvalue weighted by Gasteiger charge is -2.27. The molecular weight excluding hydrogens is 302 g/mol. The van der Waals surface area contributed by atoms with Gasteiger partial charge in [-0.3, -0.25) is 24.2 Å². The molecule has 0 radical (unpaired) electrons. The molecule has 122 valence electrons. The van der Waals surface area contributed by atoms with Gasteiger partial charge in [0.2, 0.25) is 17.7 Å². The maximum Gasteiger partial charge on any atom is 0.242 e. The average Bonchev–Trinajstić information content (AvgIpc) is 3.06. The first-order valence-corrected chi connectivity index (χ1v) is 9.23. The summed E-state index contributed by atoms with van der Waals surface area (Å²) in [6, 6.07) is 0.654. The molecule has 22 heavy (non-hydrogen) atoms. The van der Waals surface area contributed by atoms with Crippen LogP contribution in [0, 0.1) is 0 Å². The maximum absolute atomic E-state index is 12.4. The Hall–Kier alpha value is -1.08. The second-order valence-electron chi connectivity index (χ2n) is 6.16. The summed E-state index contributed by atoms with van der Waals surface area (Å²) in [4.78, 5) is 41.1. The third-order valence-corrected chi connectivity index (χ3v) is 5.90. The molecule has 0 aromatic rings. The van der Waals surface area contributed by atoms with Crippen LogP contribution in [0.25, 0.3) is 0 Å². The smallest absolute Gasteiger partial charge is 0.242 e. The molecule has 3 aliphatic heterocycles. The molecule has 1 atom stereocenters. The Balaban J connectivity index is 1.52. The fourth-order valence-electron chi connectivity index (χ4n) is 3.40. The predicted octanol–water partition coefficient (Wildman–Crippen LogP) is 0.175. The molecule has 0 spiro atoms. The SMILES string of the molecule is O=C(CN1C(=O)CCC1=O)N1CCCN(C2CCSC2)CC1. The summed E-state index contributed by atoms with van der Waals surface area (Å²) in [7, 11) is 0. The van der Waals surface area contributed by atoms with E-state index in [1.165, 1.54) is 17.9 Å².